The zero-order valence-electron chi connectivity index (χ0n) is 9.01. The number of phenols is 1. The quantitative estimate of drug-likeness (QED) is 0.762. The molecule has 1 aromatic heterocycles. The van der Waals surface area contributed by atoms with Crippen LogP contribution in [0.3, 0.4) is 0 Å². The third-order valence-corrected chi connectivity index (χ3v) is 2.21. The lowest BCUT2D eigenvalue weighted by molar-refractivity contribution is 0.0597. The molecule has 0 saturated carbocycles. The minimum Gasteiger partial charge on any atom is -0.507 e. The van der Waals surface area contributed by atoms with Crippen molar-refractivity contribution in [1.29, 1.82) is 0 Å². The first-order chi connectivity index (χ1) is 8.11. The number of benzene rings is 1. The van der Waals surface area contributed by atoms with E-state index in [4.69, 9.17) is 10.3 Å². The van der Waals surface area contributed by atoms with E-state index in [1.807, 2.05) is 0 Å². The number of nitrogens with zero attached hydrogens (tertiary/aromatic N) is 1. The molecule has 3 N–H and O–H groups in total. The standard InChI is InChI=1S/C11H10N2O4/c1-16-11(15)7-4-6(2-3-8(7)14)9-5-10(12)13-17-9/h2-5,14H,1H3,(H2,12,13). The van der Waals surface area contributed by atoms with Crippen molar-refractivity contribution >= 4 is 11.8 Å². The number of carbonyl (C=O) groups is 1. The summed E-state index contributed by atoms with van der Waals surface area (Å²) in [5.74, 6) is -0.134. The van der Waals surface area contributed by atoms with E-state index < -0.39 is 5.97 Å². The molecule has 2 aromatic rings. The Labute approximate surface area is 96.6 Å². The first-order valence-electron chi connectivity index (χ1n) is 4.75. The average Bonchev–Trinajstić information content (AvgIpc) is 2.75. The first kappa shape index (κ1) is 11.0. The van der Waals surface area contributed by atoms with Crippen molar-refractivity contribution < 1.29 is 19.2 Å². The fraction of sp³-hybridized carbons (Fsp3) is 0.0909. The highest BCUT2D eigenvalue weighted by Gasteiger charge is 2.14. The number of hydrogen-bond donors (Lipinski definition) is 2. The number of rotatable bonds is 2. The Hall–Kier alpha value is -2.50. The summed E-state index contributed by atoms with van der Waals surface area (Å²) in [4.78, 5) is 11.4. The van der Waals surface area contributed by atoms with Gasteiger partial charge in [-0.25, -0.2) is 4.79 Å². The maximum Gasteiger partial charge on any atom is 0.341 e. The van der Waals surface area contributed by atoms with Crippen molar-refractivity contribution in [3.63, 3.8) is 0 Å². The number of aromatic hydroxyl groups is 1. The maximum atomic E-state index is 11.4. The third kappa shape index (κ3) is 2.05. The molecular weight excluding hydrogens is 224 g/mol. The van der Waals surface area contributed by atoms with Crippen molar-refractivity contribution in [3.8, 4) is 17.1 Å². The number of nitrogen functional groups attached to an aromatic ring is 1. The Bertz CT molecular complexity index is 562. The lowest BCUT2D eigenvalue weighted by atomic mass is 10.1. The Kier molecular flexibility index (Phi) is 2.70. The smallest absolute Gasteiger partial charge is 0.341 e. The number of aromatic nitrogens is 1. The summed E-state index contributed by atoms with van der Waals surface area (Å²) < 4.78 is 9.49. The number of hydrogen-bond acceptors (Lipinski definition) is 6. The molecule has 0 aliphatic heterocycles. The van der Waals surface area contributed by atoms with E-state index in [-0.39, 0.29) is 17.1 Å². The van der Waals surface area contributed by atoms with E-state index in [1.54, 1.807) is 6.07 Å². The van der Waals surface area contributed by atoms with E-state index in [0.29, 0.717) is 11.3 Å². The van der Waals surface area contributed by atoms with Crippen LogP contribution in [0.5, 0.6) is 5.75 Å². The molecule has 0 amide bonds. The fourth-order valence-electron chi connectivity index (χ4n) is 1.39. The Morgan fingerprint density at radius 3 is 2.82 bits per heavy atom. The van der Waals surface area contributed by atoms with Gasteiger partial charge in [-0.05, 0) is 18.2 Å². The second kappa shape index (κ2) is 4.17. The van der Waals surface area contributed by atoms with E-state index in [9.17, 15) is 9.90 Å². The summed E-state index contributed by atoms with van der Waals surface area (Å²) in [6.07, 6.45) is 0. The zero-order chi connectivity index (χ0) is 12.4. The molecule has 0 fully saturated rings. The number of ether oxygens (including phenoxy) is 1. The van der Waals surface area contributed by atoms with Gasteiger partial charge in [-0.2, -0.15) is 0 Å². The summed E-state index contributed by atoms with van der Waals surface area (Å²) in [7, 11) is 1.24. The second-order valence-corrected chi connectivity index (χ2v) is 3.34. The van der Waals surface area contributed by atoms with E-state index in [0.717, 1.165) is 0 Å². The summed E-state index contributed by atoms with van der Waals surface area (Å²) in [6.45, 7) is 0. The van der Waals surface area contributed by atoms with E-state index in [2.05, 4.69) is 9.89 Å². The lowest BCUT2D eigenvalue weighted by Crippen LogP contribution is -2.01. The molecule has 6 nitrogen and oxygen atoms in total. The Morgan fingerprint density at radius 2 is 2.24 bits per heavy atom. The van der Waals surface area contributed by atoms with Crippen LogP contribution in [0.15, 0.2) is 28.8 Å². The number of esters is 1. The highest BCUT2D eigenvalue weighted by Crippen LogP contribution is 2.27. The number of carbonyl (C=O) groups excluding carboxylic acids is 1. The van der Waals surface area contributed by atoms with Crippen LogP contribution >= 0.6 is 0 Å². The molecule has 6 heteroatoms. The summed E-state index contributed by atoms with van der Waals surface area (Å²) in [5.41, 5.74) is 6.06. The van der Waals surface area contributed by atoms with Crippen LogP contribution in [0, 0.1) is 0 Å². The Morgan fingerprint density at radius 1 is 1.47 bits per heavy atom. The number of phenolic OH excluding ortho intramolecular Hbond substituents is 1. The van der Waals surface area contributed by atoms with Gasteiger partial charge in [0.05, 0.1) is 7.11 Å². The molecule has 0 atom stereocenters. The lowest BCUT2D eigenvalue weighted by Gasteiger charge is -2.03. The van der Waals surface area contributed by atoms with Crippen LogP contribution in [-0.2, 0) is 4.74 Å². The van der Waals surface area contributed by atoms with Crippen LogP contribution in [0.4, 0.5) is 5.82 Å². The van der Waals surface area contributed by atoms with Gasteiger partial charge in [0.25, 0.3) is 0 Å². The van der Waals surface area contributed by atoms with Crippen LogP contribution in [0.25, 0.3) is 11.3 Å². The number of methoxy groups -OCH3 is 1. The zero-order valence-corrected chi connectivity index (χ0v) is 9.01. The highest BCUT2D eigenvalue weighted by molar-refractivity contribution is 5.93. The number of nitrogens with two attached hydrogens (primary N) is 1. The minimum absolute atomic E-state index is 0.0555. The van der Waals surface area contributed by atoms with Crippen molar-refractivity contribution in [3.05, 3.63) is 29.8 Å². The van der Waals surface area contributed by atoms with Crippen LogP contribution < -0.4 is 5.73 Å². The van der Waals surface area contributed by atoms with Crippen LogP contribution in [-0.4, -0.2) is 23.3 Å². The van der Waals surface area contributed by atoms with Gasteiger partial charge in [-0.3, -0.25) is 0 Å². The van der Waals surface area contributed by atoms with Crippen LogP contribution in [0.2, 0.25) is 0 Å². The topological polar surface area (TPSA) is 98.6 Å². The predicted molar refractivity (Wildman–Crippen MR) is 59.4 cm³/mol. The van der Waals surface area contributed by atoms with Crippen molar-refractivity contribution in [2.24, 2.45) is 0 Å². The van der Waals surface area contributed by atoms with Gasteiger partial charge in [0.2, 0.25) is 0 Å². The summed E-state index contributed by atoms with van der Waals surface area (Å²) in [5, 5.41) is 13.1. The average molecular weight is 234 g/mol. The molecule has 1 heterocycles. The van der Waals surface area contributed by atoms with Crippen molar-refractivity contribution in [2.75, 3.05) is 12.8 Å². The Balaban J connectivity index is 2.47. The molecule has 0 unspecified atom stereocenters. The SMILES string of the molecule is COC(=O)c1cc(-c2cc(N)no2)ccc1O. The van der Waals surface area contributed by atoms with Crippen molar-refractivity contribution in [2.45, 2.75) is 0 Å². The van der Waals surface area contributed by atoms with Gasteiger partial charge in [-0.15, -0.1) is 0 Å². The molecule has 0 saturated heterocycles. The van der Waals surface area contributed by atoms with Gasteiger partial charge in [0.1, 0.15) is 11.3 Å². The third-order valence-electron chi connectivity index (χ3n) is 2.21. The molecule has 2 rings (SSSR count). The largest absolute Gasteiger partial charge is 0.507 e. The molecule has 1 aromatic carbocycles. The molecule has 0 bridgehead atoms. The van der Waals surface area contributed by atoms with Gasteiger partial charge >= 0.3 is 5.97 Å². The second-order valence-electron chi connectivity index (χ2n) is 3.34. The predicted octanol–water partition coefficient (Wildman–Crippen LogP) is 1.42. The normalized spacial score (nSPS) is 10.2. The van der Waals surface area contributed by atoms with Gasteiger partial charge < -0.3 is 20.1 Å². The molecule has 0 spiro atoms. The minimum atomic E-state index is -0.628. The molecule has 0 radical (unpaired) electrons. The monoisotopic (exact) mass is 234 g/mol. The van der Waals surface area contributed by atoms with E-state index >= 15 is 0 Å². The first-order valence-corrected chi connectivity index (χ1v) is 4.75. The van der Waals surface area contributed by atoms with Gasteiger partial charge in [-0.1, -0.05) is 5.16 Å². The van der Waals surface area contributed by atoms with Gasteiger partial charge in [0, 0.05) is 11.6 Å². The summed E-state index contributed by atoms with van der Waals surface area (Å²) >= 11 is 0. The van der Waals surface area contributed by atoms with Crippen molar-refractivity contribution in [1.82, 2.24) is 5.16 Å². The molecular formula is C11H10N2O4. The molecule has 0 aliphatic rings. The maximum absolute atomic E-state index is 11.4. The van der Waals surface area contributed by atoms with E-state index in [1.165, 1.54) is 25.3 Å². The highest BCUT2D eigenvalue weighted by atomic mass is 16.5. The van der Waals surface area contributed by atoms with Gasteiger partial charge in [0.15, 0.2) is 11.6 Å². The fourth-order valence-corrected chi connectivity index (χ4v) is 1.39. The molecule has 17 heavy (non-hydrogen) atoms. The molecule has 88 valence electrons. The number of anilines is 1. The molecule has 0 aliphatic carbocycles. The summed E-state index contributed by atoms with van der Waals surface area (Å²) in [6, 6.07) is 5.93. The van der Waals surface area contributed by atoms with Crippen LogP contribution in [0.1, 0.15) is 10.4 Å².